The maximum absolute atomic E-state index is 13.7. The number of fused-ring (bicyclic) bond motifs is 3. The van der Waals surface area contributed by atoms with Crippen LogP contribution in [0, 0.1) is 17.8 Å². The zero-order chi connectivity index (χ0) is 22.6. The molecule has 1 aliphatic heterocycles. The summed E-state index contributed by atoms with van der Waals surface area (Å²) < 4.78 is 5.55. The highest BCUT2D eigenvalue weighted by atomic mass is 16.5. The average Bonchev–Trinajstić information content (AvgIpc) is 2.90. The first-order valence-corrected chi connectivity index (χ1v) is 12.6. The summed E-state index contributed by atoms with van der Waals surface area (Å²) in [6.45, 7) is 5.47. The number of methoxy groups -OCH3 is 1. The third kappa shape index (κ3) is 4.86. The van der Waals surface area contributed by atoms with Crippen molar-refractivity contribution < 1.29 is 9.53 Å². The van der Waals surface area contributed by atoms with E-state index in [0.29, 0.717) is 18.4 Å². The molecule has 6 heteroatoms. The van der Waals surface area contributed by atoms with E-state index in [2.05, 4.69) is 26.9 Å². The number of benzene rings is 1. The molecule has 3 saturated carbocycles. The number of para-hydroxylation sites is 2. The summed E-state index contributed by atoms with van der Waals surface area (Å²) in [5.74, 6) is 3.53. The molecule has 1 unspecified atom stereocenters. The number of carbonyl (C=O) groups excluding carboxylic acids is 1. The summed E-state index contributed by atoms with van der Waals surface area (Å²) in [5.41, 5.74) is 1.16. The van der Waals surface area contributed by atoms with Gasteiger partial charge in [-0.25, -0.2) is 4.98 Å². The van der Waals surface area contributed by atoms with Crippen molar-refractivity contribution in [3.63, 3.8) is 0 Å². The van der Waals surface area contributed by atoms with Crippen LogP contribution in [-0.2, 0) is 4.79 Å². The highest BCUT2D eigenvalue weighted by Gasteiger charge is 2.41. The molecular weight excluding hydrogens is 412 g/mol. The summed E-state index contributed by atoms with van der Waals surface area (Å²) in [7, 11) is 1.73. The van der Waals surface area contributed by atoms with E-state index in [4.69, 9.17) is 4.74 Å². The van der Waals surface area contributed by atoms with Crippen LogP contribution in [0.25, 0.3) is 0 Å². The Morgan fingerprint density at radius 3 is 2.45 bits per heavy atom. The summed E-state index contributed by atoms with van der Waals surface area (Å²) in [4.78, 5) is 25.1. The van der Waals surface area contributed by atoms with Crippen molar-refractivity contribution in [3.05, 3.63) is 48.7 Å². The largest absolute Gasteiger partial charge is 0.495 e. The first-order chi connectivity index (χ1) is 16.2. The number of carbonyl (C=O) groups is 1. The first-order valence-electron chi connectivity index (χ1n) is 12.6. The Morgan fingerprint density at radius 1 is 1.03 bits per heavy atom. The highest BCUT2D eigenvalue weighted by Crippen LogP contribution is 2.45. The van der Waals surface area contributed by atoms with Crippen molar-refractivity contribution in [2.24, 2.45) is 17.8 Å². The fourth-order valence-corrected chi connectivity index (χ4v) is 6.08. The number of hydrogen-bond donors (Lipinski definition) is 0. The lowest BCUT2D eigenvalue weighted by Gasteiger charge is -2.43. The number of anilines is 2. The molecule has 2 bridgehead atoms. The molecule has 4 fully saturated rings. The summed E-state index contributed by atoms with van der Waals surface area (Å²) >= 11 is 0. The number of pyridine rings is 1. The van der Waals surface area contributed by atoms with Crippen LogP contribution in [0.1, 0.15) is 32.1 Å². The van der Waals surface area contributed by atoms with E-state index in [1.54, 1.807) is 13.3 Å². The van der Waals surface area contributed by atoms with Gasteiger partial charge in [0.2, 0.25) is 5.91 Å². The lowest BCUT2D eigenvalue weighted by molar-refractivity contribution is -0.127. The van der Waals surface area contributed by atoms with Crippen LogP contribution in [-0.4, -0.2) is 62.2 Å². The fraction of sp³-hybridized carbons (Fsp3) is 0.556. The zero-order valence-corrected chi connectivity index (χ0v) is 19.7. The molecule has 1 atom stereocenters. The minimum atomic E-state index is 0.182. The predicted octanol–water partition coefficient (Wildman–Crippen LogP) is 4.07. The van der Waals surface area contributed by atoms with Crippen molar-refractivity contribution in [3.8, 4) is 5.75 Å². The van der Waals surface area contributed by atoms with Gasteiger partial charge in [-0.3, -0.25) is 14.6 Å². The molecule has 0 radical (unpaired) electrons. The lowest BCUT2D eigenvalue weighted by Crippen LogP contribution is -2.51. The average molecular weight is 449 g/mol. The van der Waals surface area contributed by atoms with E-state index < -0.39 is 0 Å². The van der Waals surface area contributed by atoms with Gasteiger partial charge < -0.3 is 9.64 Å². The van der Waals surface area contributed by atoms with Gasteiger partial charge >= 0.3 is 0 Å². The van der Waals surface area contributed by atoms with Gasteiger partial charge in [0.15, 0.2) is 0 Å². The van der Waals surface area contributed by atoms with Crippen LogP contribution in [0.5, 0.6) is 5.75 Å². The van der Waals surface area contributed by atoms with E-state index in [0.717, 1.165) is 62.3 Å². The molecular formula is C27H36N4O2. The second kappa shape index (κ2) is 10.1. The second-order valence-corrected chi connectivity index (χ2v) is 9.80. The van der Waals surface area contributed by atoms with Crippen LogP contribution in [0.2, 0.25) is 0 Å². The molecule has 1 amide bonds. The van der Waals surface area contributed by atoms with Gasteiger partial charge in [-0.05, 0) is 55.4 Å². The SMILES string of the molecule is COc1ccccc1N1CCN(CCN(C(=O)C2C[C@H]3CC[C@@H]2CC3)c2ccccn2)CC1. The molecule has 6 nitrogen and oxygen atoms in total. The smallest absolute Gasteiger partial charge is 0.231 e. The van der Waals surface area contributed by atoms with E-state index in [9.17, 15) is 4.79 Å². The standard InChI is InChI=1S/C27H36N4O2/c1-33-25-7-3-2-6-24(25)30-17-14-29(15-18-30)16-19-31(26-8-4-5-13-28-26)27(32)23-20-21-9-11-22(23)12-10-21/h2-8,13,21-23H,9-12,14-20H2,1H3/t21-,22+,23?. The van der Waals surface area contributed by atoms with Crippen LogP contribution >= 0.6 is 0 Å². The maximum atomic E-state index is 13.7. The minimum absolute atomic E-state index is 0.182. The van der Waals surface area contributed by atoms with Gasteiger partial charge in [-0.2, -0.15) is 0 Å². The summed E-state index contributed by atoms with van der Waals surface area (Å²) in [6, 6.07) is 14.1. The van der Waals surface area contributed by atoms with E-state index in [1.165, 1.54) is 25.7 Å². The maximum Gasteiger partial charge on any atom is 0.231 e. The Morgan fingerprint density at radius 2 is 1.79 bits per heavy atom. The van der Waals surface area contributed by atoms with Crippen LogP contribution in [0.3, 0.4) is 0 Å². The van der Waals surface area contributed by atoms with Gasteiger partial charge in [0, 0.05) is 51.4 Å². The Bertz CT molecular complexity index is 921. The third-order valence-electron chi connectivity index (χ3n) is 7.99. The number of amides is 1. The number of nitrogens with zero attached hydrogens (tertiary/aromatic N) is 4. The van der Waals surface area contributed by atoms with Gasteiger partial charge in [0.05, 0.1) is 12.8 Å². The Balaban J connectivity index is 1.22. The van der Waals surface area contributed by atoms with E-state index in [1.807, 2.05) is 35.2 Å². The molecule has 0 spiro atoms. The third-order valence-corrected chi connectivity index (χ3v) is 7.99. The van der Waals surface area contributed by atoms with Crippen LogP contribution in [0.4, 0.5) is 11.5 Å². The van der Waals surface area contributed by atoms with Gasteiger partial charge in [-0.15, -0.1) is 0 Å². The van der Waals surface area contributed by atoms with Crippen molar-refractivity contribution in [2.45, 2.75) is 32.1 Å². The lowest BCUT2D eigenvalue weighted by atomic mass is 9.64. The number of piperazine rings is 1. The Hall–Kier alpha value is -2.60. The molecule has 1 aromatic carbocycles. The number of aromatic nitrogens is 1. The first kappa shape index (κ1) is 22.2. The van der Waals surface area contributed by atoms with E-state index >= 15 is 0 Å². The van der Waals surface area contributed by atoms with E-state index in [-0.39, 0.29) is 5.92 Å². The molecule has 33 heavy (non-hydrogen) atoms. The molecule has 176 valence electrons. The van der Waals surface area contributed by atoms with Crippen molar-refractivity contribution in [1.29, 1.82) is 0 Å². The monoisotopic (exact) mass is 448 g/mol. The summed E-state index contributed by atoms with van der Waals surface area (Å²) in [5, 5.41) is 0. The quantitative estimate of drug-likeness (QED) is 0.639. The molecule has 1 aromatic heterocycles. The molecule has 2 heterocycles. The van der Waals surface area contributed by atoms with Crippen molar-refractivity contribution >= 4 is 17.4 Å². The number of rotatable bonds is 7. The molecule has 4 aliphatic rings. The Kier molecular flexibility index (Phi) is 6.81. The van der Waals surface area contributed by atoms with Gasteiger partial charge in [0.25, 0.3) is 0 Å². The molecule has 1 saturated heterocycles. The molecule has 2 aromatic rings. The predicted molar refractivity (Wildman–Crippen MR) is 132 cm³/mol. The topological polar surface area (TPSA) is 48.9 Å². The zero-order valence-electron chi connectivity index (χ0n) is 19.7. The molecule has 3 aliphatic carbocycles. The van der Waals surface area contributed by atoms with Gasteiger partial charge in [-0.1, -0.05) is 31.0 Å². The molecule has 0 N–H and O–H groups in total. The van der Waals surface area contributed by atoms with Crippen molar-refractivity contribution in [1.82, 2.24) is 9.88 Å². The number of hydrogen-bond acceptors (Lipinski definition) is 5. The summed E-state index contributed by atoms with van der Waals surface area (Å²) in [6.07, 6.45) is 7.95. The minimum Gasteiger partial charge on any atom is -0.495 e. The van der Waals surface area contributed by atoms with Crippen molar-refractivity contribution in [2.75, 3.05) is 56.2 Å². The van der Waals surface area contributed by atoms with Gasteiger partial charge in [0.1, 0.15) is 11.6 Å². The number of ether oxygens (including phenoxy) is 1. The normalized spacial score (nSPS) is 25.1. The molecule has 6 rings (SSSR count). The highest BCUT2D eigenvalue weighted by molar-refractivity contribution is 5.94. The second-order valence-electron chi connectivity index (χ2n) is 9.80. The fourth-order valence-electron chi connectivity index (χ4n) is 6.08. The van der Waals surface area contributed by atoms with Crippen LogP contribution in [0.15, 0.2) is 48.7 Å². The Labute approximate surface area is 197 Å². The van der Waals surface area contributed by atoms with Crippen LogP contribution < -0.4 is 14.5 Å².